The number of rotatable bonds is 8. The lowest BCUT2D eigenvalue weighted by atomic mass is 9.86. The molecule has 0 spiro atoms. The van der Waals surface area contributed by atoms with Gasteiger partial charge in [-0.1, -0.05) is 51.3 Å². The van der Waals surface area contributed by atoms with Crippen LogP contribution in [-0.4, -0.2) is 11.9 Å². The summed E-state index contributed by atoms with van der Waals surface area (Å²) >= 11 is 0. The zero-order chi connectivity index (χ0) is 15.1. The minimum Gasteiger partial charge on any atom is -0.545 e. The van der Waals surface area contributed by atoms with Gasteiger partial charge in [0.2, 0.25) is 0 Å². The monoisotopic (exact) mass is 276 g/mol. The predicted molar refractivity (Wildman–Crippen MR) is 72.3 cm³/mol. The molecule has 0 bridgehead atoms. The van der Waals surface area contributed by atoms with Crippen LogP contribution < -0.4 is 10.2 Å². The summed E-state index contributed by atoms with van der Waals surface area (Å²) in [6, 6.07) is 4.50. The number of hydrogen-bond donors (Lipinski definition) is 0. The van der Waals surface area contributed by atoms with Gasteiger partial charge in [0.15, 0.2) is 0 Å². The number of carboxylic acids is 2. The molecule has 0 aromatic heterocycles. The molecule has 20 heavy (non-hydrogen) atoms. The van der Waals surface area contributed by atoms with E-state index in [0.29, 0.717) is 5.56 Å². The normalized spacial score (nSPS) is 12.1. The fourth-order valence-corrected chi connectivity index (χ4v) is 2.53. The highest BCUT2D eigenvalue weighted by atomic mass is 16.4. The highest BCUT2D eigenvalue weighted by Crippen LogP contribution is 2.30. The molecule has 0 saturated heterocycles. The zero-order valence-corrected chi connectivity index (χ0v) is 12.0. The van der Waals surface area contributed by atoms with Gasteiger partial charge in [-0.15, -0.1) is 0 Å². The average molecular weight is 276 g/mol. The van der Waals surface area contributed by atoms with Crippen LogP contribution in [0, 0.1) is 0 Å². The van der Waals surface area contributed by atoms with Crippen molar-refractivity contribution in [2.45, 2.75) is 51.9 Å². The summed E-state index contributed by atoms with van der Waals surface area (Å²) in [7, 11) is 0. The molecule has 1 unspecified atom stereocenters. The summed E-state index contributed by atoms with van der Waals surface area (Å²) in [5.41, 5.74) is 0.0255. The van der Waals surface area contributed by atoms with Crippen molar-refractivity contribution in [3.8, 4) is 0 Å². The molecule has 0 heterocycles. The van der Waals surface area contributed by atoms with Gasteiger partial charge < -0.3 is 19.8 Å². The topological polar surface area (TPSA) is 80.3 Å². The molecular weight excluding hydrogens is 256 g/mol. The molecule has 4 heteroatoms. The van der Waals surface area contributed by atoms with Crippen LogP contribution in [-0.2, 0) is 0 Å². The van der Waals surface area contributed by atoms with E-state index in [-0.39, 0.29) is 17.0 Å². The van der Waals surface area contributed by atoms with Crippen molar-refractivity contribution in [1.82, 2.24) is 0 Å². The van der Waals surface area contributed by atoms with Crippen molar-refractivity contribution in [2.75, 3.05) is 0 Å². The maximum atomic E-state index is 11.3. The number of unbranched alkanes of at least 4 members (excludes halogenated alkanes) is 2. The fraction of sp³-hybridized carbons (Fsp3) is 0.500. The molecule has 0 aliphatic heterocycles. The Bertz CT molecular complexity index is 479. The Labute approximate surface area is 119 Å². The van der Waals surface area contributed by atoms with E-state index in [9.17, 15) is 19.8 Å². The SMILES string of the molecule is CCCCCC(CC)c1cccc(C(=O)[O-])c1C(=O)[O-]. The van der Waals surface area contributed by atoms with Gasteiger partial charge >= 0.3 is 0 Å². The largest absolute Gasteiger partial charge is 0.545 e. The first-order valence-corrected chi connectivity index (χ1v) is 7.08. The highest BCUT2D eigenvalue weighted by Gasteiger charge is 2.17. The molecule has 0 aliphatic rings. The summed E-state index contributed by atoms with van der Waals surface area (Å²) in [6.45, 7) is 4.08. The van der Waals surface area contributed by atoms with Crippen molar-refractivity contribution in [2.24, 2.45) is 0 Å². The van der Waals surface area contributed by atoms with E-state index >= 15 is 0 Å². The molecule has 0 fully saturated rings. The molecule has 4 nitrogen and oxygen atoms in total. The predicted octanol–water partition coefficient (Wildman–Crippen LogP) is 1.49. The average Bonchev–Trinajstić information content (AvgIpc) is 2.42. The Kier molecular flexibility index (Phi) is 6.22. The molecule has 110 valence electrons. The maximum Gasteiger partial charge on any atom is 0.0724 e. The highest BCUT2D eigenvalue weighted by molar-refractivity contribution is 6.01. The summed E-state index contributed by atoms with van der Waals surface area (Å²) in [6.07, 6.45) is 4.78. The minimum atomic E-state index is -1.48. The third-order valence-electron chi connectivity index (χ3n) is 3.61. The maximum absolute atomic E-state index is 11.3. The first kappa shape index (κ1) is 16.2. The number of hydrogen-bond acceptors (Lipinski definition) is 4. The van der Waals surface area contributed by atoms with Crippen LogP contribution >= 0.6 is 0 Å². The molecule has 0 N–H and O–H groups in total. The van der Waals surface area contributed by atoms with Crippen molar-refractivity contribution in [3.05, 3.63) is 34.9 Å². The van der Waals surface area contributed by atoms with Crippen molar-refractivity contribution >= 4 is 11.9 Å². The second-order valence-electron chi connectivity index (χ2n) is 4.95. The van der Waals surface area contributed by atoms with E-state index in [4.69, 9.17) is 0 Å². The standard InChI is InChI=1S/C16H22O4/c1-3-5-6-8-11(4-2)12-9-7-10-13(15(17)18)14(12)16(19)20/h7,9-11H,3-6,8H2,1-2H3,(H,17,18)(H,19,20)/p-2. The summed E-state index contributed by atoms with van der Waals surface area (Å²) in [5, 5.41) is 22.3. The summed E-state index contributed by atoms with van der Waals surface area (Å²) in [4.78, 5) is 22.3. The molecule has 1 aromatic carbocycles. The first-order chi connectivity index (χ1) is 9.52. The van der Waals surface area contributed by atoms with E-state index in [2.05, 4.69) is 6.92 Å². The molecule has 0 amide bonds. The van der Waals surface area contributed by atoms with Gasteiger partial charge in [-0.2, -0.15) is 0 Å². The summed E-state index contributed by atoms with van der Waals surface area (Å²) < 4.78 is 0. The van der Waals surface area contributed by atoms with Crippen LogP contribution in [0.15, 0.2) is 18.2 Å². The van der Waals surface area contributed by atoms with Gasteiger partial charge in [-0.3, -0.25) is 0 Å². The quantitative estimate of drug-likeness (QED) is 0.674. The van der Waals surface area contributed by atoms with E-state index in [1.165, 1.54) is 6.07 Å². The van der Waals surface area contributed by atoms with Crippen LogP contribution in [0.5, 0.6) is 0 Å². The minimum absolute atomic E-state index is 0.0359. The van der Waals surface area contributed by atoms with Crippen LogP contribution in [0.25, 0.3) is 0 Å². The number of aromatic carboxylic acids is 2. The molecule has 1 atom stereocenters. The van der Waals surface area contributed by atoms with Crippen LogP contribution in [0.1, 0.15) is 78.1 Å². The van der Waals surface area contributed by atoms with Gasteiger partial charge in [-0.25, -0.2) is 0 Å². The number of benzene rings is 1. The Hall–Kier alpha value is -1.84. The molecule has 1 aromatic rings. The molecule has 0 aliphatic carbocycles. The Balaban J connectivity index is 3.17. The molecule has 1 rings (SSSR count). The molecular formula is C16H20O4-2. The Morgan fingerprint density at radius 3 is 2.30 bits per heavy atom. The van der Waals surface area contributed by atoms with Gasteiger partial charge in [-0.05, 0) is 24.3 Å². The van der Waals surface area contributed by atoms with Gasteiger partial charge in [0.25, 0.3) is 0 Å². The van der Waals surface area contributed by atoms with Crippen molar-refractivity contribution in [3.63, 3.8) is 0 Å². The second kappa shape index (κ2) is 7.68. The van der Waals surface area contributed by atoms with E-state index in [0.717, 1.165) is 32.1 Å². The Morgan fingerprint density at radius 1 is 1.10 bits per heavy atom. The van der Waals surface area contributed by atoms with Crippen molar-refractivity contribution in [1.29, 1.82) is 0 Å². The Morgan fingerprint density at radius 2 is 1.80 bits per heavy atom. The van der Waals surface area contributed by atoms with Gasteiger partial charge in [0, 0.05) is 11.1 Å². The lowest BCUT2D eigenvalue weighted by Crippen LogP contribution is -2.31. The fourth-order valence-electron chi connectivity index (χ4n) is 2.53. The van der Waals surface area contributed by atoms with Crippen LogP contribution in [0.4, 0.5) is 0 Å². The third-order valence-corrected chi connectivity index (χ3v) is 3.61. The smallest absolute Gasteiger partial charge is 0.0724 e. The van der Waals surface area contributed by atoms with E-state index < -0.39 is 11.9 Å². The number of carbonyl (C=O) groups is 2. The second-order valence-corrected chi connectivity index (χ2v) is 4.95. The molecule has 0 saturated carbocycles. The number of carbonyl (C=O) groups excluding carboxylic acids is 2. The van der Waals surface area contributed by atoms with Gasteiger partial charge in [0.1, 0.15) is 0 Å². The van der Waals surface area contributed by atoms with Crippen LogP contribution in [0.3, 0.4) is 0 Å². The number of carboxylic acid groups (broad SMARTS) is 2. The third kappa shape index (κ3) is 3.83. The first-order valence-electron chi connectivity index (χ1n) is 7.08. The van der Waals surface area contributed by atoms with Crippen molar-refractivity contribution < 1.29 is 19.8 Å². The molecule has 0 radical (unpaired) electrons. The lowest BCUT2D eigenvalue weighted by molar-refractivity contribution is -0.259. The lowest BCUT2D eigenvalue weighted by Gasteiger charge is -2.22. The zero-order valence-electron chi connectivity index (χ0n) is 12.0. The van der Waals surface area contributed by atoms with E-state index in [1.807, 2.05) is 6.92 Å². The van der Waals surface area contributed by atoms with Gasteiger partial charge in [0.05, 0.1) is 11.9 Å². The van der Waals surface area contributed by atoms with E-state index in [1.54, 1.807) is 12.1 Å². The summed E-state index contributed by atoms with van der Waals surface area (Å²) in [5.74, 6) is -2.89. The van der Waals surface area contributed by atoms with Crippen LogP contribution in [0.2, 0.25) is 0 Å².